The summed E-state index contributed by atoms with van der Waals surface area (Å²) in [6.07, 6.45) is 1.80. The van der Waals surface area contributed by atoms with Crippen LogP contribution in [-0.4, -0.2) is 14.5 Å². The van der Waals surface area contributed by atoms with Crippen molar-refractivity contribution in [2.45, 2.75) is 26.3 Å². The molecule has 1 rings (SSSR count). The molecule has 0 saturated carbocycles. The second-order valence-corrected chi connectivity index (χ2v) is 4.31. The lowest BCUT2D eigenvalue weighted by molar-refractivity contribution is 0.553. The Morgan fingerprint density at radius 1 is 1.33 bits per heavy atom. The van der Waals surface area contributed by atoms with Crippen LogP contribution in [0.1, 0.15) is 18.5 Å². The molecule has 0 spiro atoms. The lowest BCUT2D eigenvalue weighted by atomic mass is 10.3. The monoisotopic (exact) mass is 274 g/mol. The van der Waals surface area contributed by atoms with Crippen molar-refractivity contribution in [3.05, 3.63) is 32.6 Å². The normalized spacial score (nSPS) is 10.6. The predicted octanol–water partition coefficient (Wildman–Crippen LogP) is 1.03. The van der Waals surface area contributed by atoms with Crippen molar-refractivity contribution in [3.8, 4) is 0 Å². The predicted molar refractivity (Wildman–Crippen MR) is 63.7 cm³/mol. The van der Waals surface area contributed by atoms with E-state index < -0.39 is 0 Å². The molecule has 0 radical (unpaired) electrons. The minimum Gasteiger partial charge on any atom is -0.301 e. The fourth-order valence-corrected chi connectivity index (χ4v) is 1.75. The Morgan fingerprint density at radius 3 is 2.60 bits per heavy atom. The maximum atomic E-state index is 11.7. The molecule has 0 amide bonds. The molecular formula is C10H15BrN2O2. The summed E-state index contributed by atoms with van der Waals surface area (Å²) in [6.45, 7) is 2.25. The molecule has 0 unspecified atom stereocenters. The standard InChI is InChI=1S/C10H15BrN2O2/c1-8-7-9(14)13(6-4-3-5-11)10(15)12(8)2/h7H,3-6H2,1-2H3. The average molecular weight is 275 g/mol. The molecule has 0 atom stereocenters. The van der Waals surface area contributed by atoms with Crippen LogP contribution in [0.5, 0.6) is 0 Å². The summed E-state index contributed by atoms with van der Waals surface area (Å²) in [7, 11) is 1.68. The summed E-state index contributed by atoms with van der Waals surface area (Å²) < 4.78 is 2.78. The van der Waals surface area contributed by atoms with Crippen LogP contribution < -0.4 is 11.2 Å². The lowest BCUT2D eigenvalue weighted by Gasteiger charge is -2.08. The van der Waals surface area contributed by atoms with Gasteiger partial charge < -0.3 is 4.57 Å². The van der Waals surface area contributed by atoms with Gasteiger partial charge in [-0.3, -0.25) is 9.36 Å². The first-order chi connectivity index (χ1) is 7.07. The van der Waals surface area contributed by atoms with Crippen LogP contribution in [0, 0.1) is 6.92 Å². The van der Waals surface area contributed by atoms with Gasteiger partial charge in [0.15, 0.2) is 0 Å². The van der Waals surface area contributed by atoms with Gasteiger partial charge in [0, 0.05) is 30.7 Å². The zero-order chi connectivity index (χ0) is 11.4. The van der Waals surface area contributed by atoms with Crippen LogP contribution >= 0.6 is 15.9 Å². The minimum atomic E-state index is -0.227. The number of hydrogen-bond donors (Lipinski definition) is 0. The Hall–Kier alpha value is -0.840. The van der Waals surface area contributed by atoms with Crippen molar-refractivity contribution in [2.75, 3.05) is 5.33 Å². The largest absolute Gasteiger partial charge is 0.330 e. The van der Waals surface area contributed by atoms with Crippen molar-refractivity contribution >= 4 is 15.9 Å². The number of aryl methyl sites for hydroxylation is 1. The van der Waals surface area contributed by atoms with Gasteiger partial charge in [-0.15, -0.1) is 0 Å². The molecule has 84 valence electrons. The second kappa shape index (κ2) is 5.30. The molecule has 15 heavy (non-hydrogen) atoms. The number of hydrogen-bond acceptors (Lipinski definition) is 2. The lowest BCUT2D eigenvalue weighted by Crippen LogP contribution is -2.39. The fraction of sp³-hybridized carbons (Fsp3) is 0.600. The first-order valence-corrected chi connectivity index (χ1v) is 6.03. The van der Waals surface area contributed by atoms with Crippen LogP contribution in [0.3, 0.4) is 0 Å². The van der Waals surface area contributed by atoms with Crippen LogP contribution in [0.2, 0.25) is 0 Å². The highest BCUT2D eigenvalue weighted by Crippen LogP contribution is 1.95. The van der Waals surface area contributed by atoms with Gasteiger partial charge in [-0.05, 0) is 19.8 Å². The Kier molecular flexibility index (Phi) is 4.32. The third-order valence-electron chi connectivity index (χ3n) is 2.41. The molecular weight excluding hydrogens is 260 g/mol. The van der Waals surface area contributed by atoms with Gasteiger partial charge in [0.05, 0.1) is 0 Å². The molecule has 0 aliphatic heterocycles. The van der Waals surface area contributed by atoms with E-state index in [-0.39, 0.29) is 11.2 Å². The van der Waals surface area contributed by atoms with E-state index in [9.17, 15) is 9.59 Å². The number of unbranched alkanes of at least 4 members (excludes halogenated alkanes) is 1. The van der Waals surface area contributed by atoms with E-state index in [1.165, 1.54) is 15.2 Å². The maximum Gasteiger partial charge on any atom is 0.330 e. The molecule has 1 heterocycles. The quantitative estimate of drug-likeness (QED) is 0.608. The third kappa shape index (κ3) is 2.81. The number of halogens is 1. The van der Waals surface area contributed by atoms with Crippen molar-refractivity contribution in [2.24, 2.45) is 7.05 Å². The Balaban J connectivity index is 3.03. The van der Waals surface area contributed by atoms with E-state index in [2.05, 4.69) is 15.9 Å². The summed E-state index contributed by atoms with van der Waals surface area (Å²) in [6, 6.07) is 1.50. The van der Waals surface area contributed by atoms with Gasteiger partial charge in [0.25, 0.3) is 5.56 Å². The fourth-order valence-electron chi connectivity index (χ4n) is 1.35. The highest BCUT2D eigenvalue weighted by atomic mass is 79.9. The summed E-state index contributed by atoms with van der Waals surface area (Å²) in [5, 5.41) is 0.897. The molecule has 0 aliphatic carbocycles. The van der Waals surface area contributed by atoms with Crippen molar-refractivity contribution < 1.29 is 0 Å². The van der Waals surface area contributed by atoms with Gasteiger partial charge in [0.1, 0.15) is 0 Å². The Morgan fingerprint density at radius 2 is 2.00 bits per heavy atom. The van der Waals surface area contributed by atoms with Crippen LogP contribution in [0.15, 0.2) is 15.7 Å². The van der Waals surface area contributed by atoms with E-state index in [0.717, 1.165) is 18.2 Å². The van der Waals surface area contributed by atoms with E-state index in [0.29, 0.717) is 12.2 Å². The highest BCUT2D eigenvalue weighted by molar-refractivity contribution is 9.09. The minimum absolute atomic E-state index is 0.204. The molecule has 0 bridgehead atoms. The first kappa shape index (κ1) is 12.2. The van der Waals surface area contributed by atoms with Crippen LogP contribution in [0.25, 0.3) is 0 Å². The van der Waals surface area contributed by atoms with E-state index in [4.69, 9.17) is 0 Å². The zero-order valence-electron chi connectivity index (χ0n) is 8.99. The molecule has 5 heteroatoms. The van der Waals surface area contributed by atoms with Crippen molar-refractivity contribution in [1.82, 2.24) is 9.13 Å². The molecule has 0 fully saturated rings. The number of alkyl halides is 1. The SMILES string of the molecule is Cc1cc(=O)n(CCCCBr)c(=O)n1C. The molecule has 0 saturated heterocycles. The molecule has 1 aromatic heterocycles. The zero-order valence-corrected chi connectivity index (χ0v) is 10.6. The van der Waals surface area contributed by atoms with Gasteiger partial charge in [-0.25, -0.2) is 4.79 Å². The van der Waals surface area contributed by atoms with E-state index >= 15 is 0 Å². The molecule has 4 nitrogen and oxygen atoms in total. The summed E-state index contributed by atoms with van der Waals surface area (Å²) in [4.78, 5) is 23.3. The van der Waals surface area contributed by atoms with Gasteiger partial charge in [-0.1, -0.05) is 15.9 Å². The topological polar surface area (TPSA) is 44.0 Å². The van der Waals surface area contributed by atoms with Crippen molar-refractivity contribution in [3.63, 3.8) is 0 Å². The van der Waals surface area contributed by atoms with Crippen LogP contribution in [0.4, 0.5) is 0 Å². The number of nitrogens with zero attached hydrogens (tertiary/aromatic N) is 2. The van der Waals surface area contributed by atoms with Gasteiger partial charge in [0.2, 0.25) is 0 Å². The third-order valence-corrected chi connectivity index (χ3v) is 2.97. The number of rotatable bonds is 4. The second-order valence-electron chi connectivity index (χ2n) is 3.51. The number of aromatic nitrogens is 2. The molecule has 0 N–H and O–H groups in total. The molecule has 1 aromatic rings. The smallest absolute Gasteiger partial charge is 0.301 e. The molecule has 0 aliphatic rings. The van der Waals surface area contributed by atoms with E-state index in [1.54, 1.807) is 14.0 Å². The average Bonchev–Trinajstić information content (AvgIpc) is 2.20. The van der Waals surface area contributed by atoms with Gasteiger partial charge in [-0.2, -0.15) is 0 Å². The Bertz CT molecular complexity index is 448. The summed E-state index contributed by atoms with van der Waals surface area (Å²) in [5.41, 5.74) is 0.265. The first-order valence-electron chi connectivity index (χ1n) is 4.91. The summed E-state index contributed by atoms with van der Waals surface area (Å²) in [5.74, 6) is 0. The van der Waals surface area contributed by atoms with Crippen molar-refractivity contribution in [1.29, 1.82) is 0 Å². The highest BCUT2D eigenvalue weighted by Gasteiger charge is 2.04. The van der Waals surface area contributed by atoms with Crippen LogP contribution in [-0.2, 0) is 13.6 Å². The molecule has 0 aromatic carbocycles. The summed E-state index contributed by atoms with van der Waals surface area (Å²) >= 11 is 3.32. The van der Waals surface area contributed by atoms with Gasteiger partial charge >= 0.3 is 5.69 Å². The maximum absolute atomic E-state index is 11.7. The van der Waals surface area contributed by atoms with E-state index in [1.807, 2.05) is 0 Å². The Labute approximate surface area is 96.7 Å².